The zero-order valence-electron chi connectivity index (χ0n) is 6.24. The molecule has 0 aromatic heterocycles. The lowest BCUT2D eigenvalue weighted by Gasteiger charge is -2.01. The molecule has 4 N–H and O–H groups in total. The quantitative estimate of drug-likeness (QED) is 0.455. The van der Waals surface area contributed by atoms with E-state index >= 15 is 0 Å². The van der Waals surface area contributed by atoms with Gasteiger partial charge in [0.25, 0.3) is 0 Å². The summed E-state index contributed by atoms with van der Waals surface area (Å²) in [6.45, 7) is -0.297. The number of hydrogen-bond donors (Lipinski definition) is 4. The predicted molar refractivity (Wildman–Crippen MR) is 43.4 cm³/mol. The number of nitrogens with one attached hydrogen (secondary N) is 2. The summed E-state index contributed by atoms with van der Waals surface area (Å²) >= 11 is 0. The van der Waals surface area contributed by atoms with Crippen molar-refractivity contribution in [2.45, 2.75) is 0 Å². The fourth-order valence-electron chi connectivity index (χ4n) is 0.414. The van der Waals surface area contributed by atoms with Crippen molar-refractivity contribution in [3.63, 3.8) is 0 Å². The van der Waals surface area contributed by atoms with Crippen LogP contribution < -0.4 is 10.6 Å². The van der Waals surface area contributed by atoms with Crippen molar-refractivity contribution in [3.05, 3.63) is 0 Å². The summed E-state index contributed by atoms with van der Waals surface area (Å²) in [4.78, 5) is 20.4. The van der Waals surface area contributed by atoms with Crippen LogP contribution in [0.2, 0.25) is 0 Å². The molecule has 2 amide bonds. The minimum absolute atomic E-state index is 0. The van der Waals surface area contributed by atoms with Crippen LogP contribution in [-0.4, -0.2) is 41.9 Å². The molecule has 0 bridgehead atoms. The third kappa shape index (κ3) is 8.99. The van der Waals surface area contributed by atoms with Gasteiger partial charge in [0.1, 0.15) is 0 Å². The van der Waals surface area contributed by atoms with Gasteiger partial charge in [-0.3, -0.25) is 4.79 Å². The van der Waals surface area contributed by atoms with E-state index in [9.17, 15) is 9.59 Å². The van der Waals surface area contributed by atoms with Crippen LogP contribution in [0.4, 0.5) is 4.79 Å². The molecule has 0 unspecified atom stereocenters. The number of halogens is 1. The molecule has 72 valence electrons. The first kappa shape index (κ1) is 13.6. The van der Waals surface area contributed by atoms with Crippen molar-refractivity contribution >= 4 is 24.4 Å². The molecule has 0 aliphatic rings. The topological polar surface area (TPSA) is 98.7 Å². The number of aliphatic hydroxyl groups excluding tert-OH is 1. The van der Waals surface area contributed by atoms with Gasteiger partial charge >= 0.3 is 6.09 Å². The lowest BCUT2D eigenvalue weighted by molar-refractivity contribution is -0.120. The van der Waals surface area contributed by atoms with Gasteiger partial charge in [0, 0.05) is 6.54 Å². The lowest BCUT2D eigenvalue weighted by atomic mass is 10.5. The molecule has 0 rings (SSSR count). The van der Waals surface area contributed by atoms with Crippen LogP contribution in [0, 0.1) is 0 Å². The maximum atomic E-state index is 10.6. The third-order valence-corrected chi connectivity index (χ3v) is 0.834. The van der Waals surface area contributed by atoms with Crippen molar-refractivity contribution in [2.24, 2.45) is 0 Å². The van der Waals surface area contributed by atoms with E-state index in [4.69, 9.17) is 10.2 Å². The van der Waals surface area contributed by atoms with Crippen molar-refractivity contribution in [3.8, 4) is 0 Å². The lowest BCUT2D eigenvalue weighted by Crippen LogP contribution is -2.37. The predicted octanol–water partition coefficient (Wildman–Crippen LogP) is -1.22. The summed E-state index contributed by atoms with van der Waals surface area (Å²) in [7, 11) is 0. The number of hydrogen-bond acceptors (Lipinski definition) is 3. The molecule has 0 atom stereocenters. The van der Waals surface area contributed by atoms with Crippen molar-refractivity contribution < 1.29 is 19.8 Å². The fraction of sp³-hybridized carbons (Fsp3) is 0.600. The van der Waals surface area contributed by atoms with Gasteiger partial charge in [0.15, 0.2) is 0 Å². The molecule has 0 spiro atoms. The Bertz CT molecular complexity index is 152. The molecule has 0 saturated heterocycles. The number of aliphatic hydroxyl groups is 1. The van der Waals surface area contributed by atoms with Gasteiger partial charge in [0.05, 0.1) is 13.2 Å². The van der Waals surface area contributed by atoms with E-state index in [1.807, 2.05) is 5.32 Å². The number of carboxylic acid groups (broad SMARTS) is 1. The van der Waals surface area contributed by atoms with Crippen LogP contribution in [0.3, 0.4) is 0 Å². The molecule has 0 heterocycles. The summed E-state index contributed by atoms with van der Waals surface area (Å²) < 4.78 is 0. The summed E-state index contributed by atoms with van der Waals surface area (Å²) in [5.74, 6) is -0.457. The van der Waals surface area contributed by atoms with Gasteiger partial charge in [-0.15, -0.1) is 12.4 Å². The van der Waals surface area contributed by atoms with Gasteiger partial charge in [-0.05, 0) is 0 Å². The van der Waals surface area contributed by atoms with E-state index in [2.05, 4.69) is 5.32 Å². The SMILES string of the molecule is Cl.O=C(O)NCC(=O)NCCO. The molecule has 6 nitrogen and oxygen atoms in total. The maximum absolute atomic E-state index is 10.6. The van der Waals surface area contributed by atoms with Crippen LogP contribution in [0.25, 0.3) is 0 Å². The van der Waals surface area contributed by atoms with E-state index in [1.165, 1.54) is 0 Å². The highest BCUT2D eigenvalue weighted by molar-refractivity contribution is 5.85. The Morgan fingerprint density at radius 2 is 1.83 bits per heavy atom. The first-order valence-corrected chi connectivity index (χ1v) is 3.01. The van der Waals surface area contributed by atoms with Crippen LogP contribution in [-0.2, 0) is 4.79 Å². The monoisotopic (exact) mass is 198 g/mol. The molecule has 0 radical (unpaired) electrons. The largest absolute Gasteiger partial charge is 0.465 e. The normalized spacial score (nSPS) is 8.08. The van der Waals surface area contributed by atoms with Gasteiger partial charge in [-0.2, -0.15) is 0 Å². The Hall–Kier alpha value is -1.01. The first-order valence-electron chi connectivity index (χ1n) is 3.01. The third-order valence-electron chi connectivity index (χ3n) is 0.834. The van der Waals surface area contributed by atoms with E-state index in [0.717, 1.165) is 0 Å². The van der Waals surface area contributed by atoms with Crippen LogP contribution in [0.15, 0.2) is 0 Å². The maximum Gasteiger partial charge on any atom is 0.405 e. The average Bonchev–Trinajstić information content (AvgIpc) is 1.97. The summed E-state index contributed by atoms with van der Waals surface area (Å²) in [5.41, 5.74) is 0. The summed E-state index contributed by atoms with van der Waals surface area (Å²) in [5, 5.41) is 20.4. The second kappa shape index (κ2) is 8.09. The molecule has 12 heavy (non-hydrogen) atoms. The zero-order valence-corrected chi connectivity index (χ0v) is 7.06. The molecule has 0 aliphatic carbocycles. The molecule has 0 aromatic carbocycles. The van der Waals surface area contributed by atoms with E-state index in [0.29, 0.717) is 0 Å². The van der Waals surface area contributed by atoms with Crippen molar-refractivity contribution in [1.29, 1.82) is 0 Å². The fourth-order valence-corrected chi connectivity index (χ4v) is 0.414. The second-order valence-corrected chi connectivity index (χ2v) is 1.73. The molecule has 0 aromatic rings. The summed E-state index contributed by atoms with van der Waals surface area (Å²) in [6, 6.07) is 0. The van der Waals surface area contributed by atoms with Gasteiger partial charge in [-0.25, -0.2) is 4.79 Å². The van der Waals surface area contributed by atoms with Crippen molar-refractivity contribution in [1.82, 2.24) is 10.6 Å². The Balaban J connectivity index is 0. The minimum Gasteiger partial charge on any atom is -0.465 e. The van der Waals surface area contributed by atoms with E-state index in [1.54, 1.807) is 0 Å². The summed E-state index contributed by atoms with van der Waals surface area (Å²) in [6.07, 6.45) is -1.25. The smallest absolute Gasteiger partial charge is 0.405 e. The number of carbonyl (C=O) groups is 2. The second-order valence-electron chi connectivity index (χ2n) is 1.73. The number of carbonyl (C=O) groups excluding carboxylic acids is 1. The highest BCUT2D eigenvalue weighted by Gasteiger charge is 2.00. The highest BCUT2D eigenvalue weighted by atomic mass is 35.5. The standard InChI is InChI=1S/C5H10N2O4.ClH/c8-2-1-6-4(9)3-7-5(10)11;/h7-8H,1-3H2,(H,6,9)(H,10,11);1H. The first-order chi connectivity index (χ1) is 5.16. The zero-order chi connectivity index (χ0) is 8.69. The molecule has 7 heteroatoms. The molecular formula is C5H11ClN2O4. The Labute approximate surface area is 75.4 Å². The molecular weight excluding hydrogens is 188 g/mol. The van der Waals surface area contributed by atoms with Crippen LogP contribution in [0.1, 0.15) is 0 Å². The minimum atomic E-state index is -1.25. The Morgan fingerprint density at radius 1 is 1.25 bits per heavy atom. The Morgan fingerprint density at radius 3 is 2.25 bits per heavy atom. The van der Waals surface area contributed by atoms with Gasteiger partial charge < -0.3 is 20.8 Å². The molecule has 0 saturated carbocycles. The van der Waals surface area contributed by atoms with Crippen LogP contribution in [0.5, 0.6) is 0 Å². The van der Waals surface area contributed by atoms with E-state index < -0.39 is 12.0 Å². The van der Waals surface area contributed by atoms with Gasteiger partial charge in [-0.1, -0.05) is 0 Å². The molecule has 0 aliphatic heterocycles. The van der Waals surface area contributed by atoms with Crippen molar-refractivity contribution in [2.75, 3.05) is 19.7 Å². The number of rotatable bonds is 4. The average molecular weight is 199 g/mol. The number of amides is 2. The highest BCUT2D eigenvalue weighted by Crippen LogP contribution is 1.64. The molecule has 0 fully saturated rings. The van der Waals surface area contributed by atoms with Crippen LogP contribution >= 0.6 is 12.4 Å². The van der Waals surface area contributed by atoms with Gasteiger partial charge in [0.2, 0.25) is 5.91 Å². The Kier molecular flexibility index (Phi) is 9.15. The van der Waals surface area contributed by atoms with E-state index in [-0.39, 0.29) is 32.1 Å².